The number of esters is 1. The van der Waals surface area contributed by atoms with Gasteiger partial charge in [-0.3, -0.25) is 4.79 Å². The summed E-state index contributed by atoms with van der Waals surface area (Å²) in [4.78, 5) is 20.4. The zero-order valence-electron chi connectivity index (χ0n) is 13.4. The lowest BCUT2D eigenvalue weighted by atomic mass is 10.0. The van der Waals surface area contributed by atoms with Crippen LogP contribution in [0.3, 0.4) is 0 Å². The molecule has 2 rings (SSSR count). The number of ether oxygens (including phenoxy) is 1. The van der Waals surface area contributed by atoms with Gasteiger partial charge in [0.05, 0.1) is 4.47 Å². The van der Waals surface area contributed by atoms with Crippen molar-refractivity contribution in [2.75, 3.05) is 0 Å². The van der Waals surface area contributed by atoms with E-state index in [1.54, 1.807) is 12.4 Å². The molecule has 2 N–H and O–H groups in total. The van der Waals surface area contributed by atoms with Gasteiger partial charge in [-0.25, -0.2) is 9.97 Å². The van der Waals surface area contributed by atoms with Gasteiger partial charge in [0.1, 0.15) is 11.6 Å². The van der Waals surface area contributed by atoms with Crippen LogP contribution in [-0.2, 0) is 16.0 Å². The standard InChI is InChI=1S/C17H20BrN3O2/c1-17(2,3)23-16(22)14(19)8-11-4-6-12(7-5-11)15-20-9-13(18)10-21-15/h4-7,9-10,14H,8,19H2,1-3H3/t14-/m0/s1. The third-order valence-electron chi connectivity index (χ3n) is 3.00. The van der Waals surface area contributed by atoms with Gasteiger partial charge in [-0.05, 0) is 48.7 Å². The zero-order chi connectivity index (χ0) is 17.0. The molecule has 0 fully saturated rings. The van der Waals surface area contributed by atoms with Gasteiger partial charge in [0, 0.05) is 18.0 Å². The number of hydrogen-bond acceptors (Lipinski definition) is 5. The molecule has 0 aliphatic carbocycles. The fourth-order valence-corrected chi connectivity index (χ4v) is 2.17. The van der Waals surface area contributed by atoms with E-state index >= 15 is 0 Å². The minimum Gasteiger partial charge on any atom is -0.459 e. The molecule has 0 unspecified atom stereocenters. The van der Waals surface area contributed by atoms with E-state index in [2.05, 4.69) is 25.9 Å². The molecule has 122 valence electrons. The summed E-state index contributed by atoms with van der Waals surface area (Å²) in [5.41, 5.74) is 7.26. The van der Waals surface area contributed by atoms with Crippen LogP contribution in [0, 0.1) is 0 Å². The summed E-state index contributed by atoms with van der Waals surface area (Å²) in [6, 6.07) is 7.00. The Hall–Kier alpha value is -1.79. The average molecular weight is 378 g/mol. The Bertz CT molecular complexity index is 664. The molecule has 23 heavy (non-hydrogen) atoms. The molecule has 0 radical (unpaired) electrons. The topological polar surface area (TPSA) is 78.1 Å². The predicted octanol–water partition coefficient (Wildman–Crippen LogP) is 3.12. The van der Waals surface area contributed by atoms with Crippen LogP contribution in [0.2, 0.25) is 0 Å². The summed E-state index contributed by atoms with van der Waals surface area (Å²) in [7, 11) is 0. The lowest BCUT2D eigenvalue weighted by Crippen LogP contribution is -2.38. The largest absolute Gasteiger partial charge is 0.459 e. The highest BCUT2D eigenvalue weighted by molar-refractivity contribution is 9.10. The van der Waals surface area contributed by atoms with Crippen LogP contribution in [0.4, 0.5) is 0 Å². The van der Waals surface area contributed by atoms with Crippen LogP contribution in [-0.4, -0.2) is 27.6 Å². The normalized spacial score (nSPS) is 12.7. The summed E-state index contributed by atoms with van der Waals surface area (Å²) < 4.78 is 6.12. The summed E-state index contributed by atoms with van der Waals surface area (Å²) in [6.07, 6.45) is 3.83. The number of carbonyl (C=O) groups is 1. The first-order valence-corrected chi connectivity index (χ1v) is 8.09. The lowest BCUT2D eigenvalue weighted by molar-refractivity contribution is -0.156. The first-order chi connectivity index (χ1) is 10.7. The molecule has 2 aromatic rings. The average Bonchev–Trinajstić information content (AvgIpc) is 2.47. The van der Waals surface area contributed by atoms with Gasteiger partial charge in [-0.2, -0.15) is 0 Å². The quantitative estimate of drug-likeness (QED) is 0.828. The molecule has 1 aromatic carbocycles. The van der Waals surface area contributed by atoms with Gasteiger partial charge in [-0.1, -0.05) is 24.3 Å². The van der Waals surface area contributed by atoms with E-state index in [4.69, 9.17) is 10.5 Å². The number of hydrogen-bond donors (Lipinski definition) is 1. The lowest BCUT2D eigenvalue weighted by Gasteiger charge is -2.22. The summed E-state index contributed by atoms with van der Waals surface area (Å²) in [6.45, 7) is 5.47. The summed E-state index contributed by atoms with van der Waals surface area (Å²) in [5.74, 6) is 0.258. The first-order valence-electron chi connectivity index (χ1n) is 7.30. The monoisotopic (exact) mass is 377 g/mol. The highest BCUT2D eigenvalue weighted by Gasteiger charge is 2.22. The summed E-state index contributed by atoms with van der Waals surface area (Å²) >= 11 is 3.31. The number of carbonyl (C=O) groups excluding carboxylic acids is 1. The molecule has 0 aliphatic heterocycles. The highest BCUT2D eigenvalue weighted by Crippen LogP contribution is 2.18. The Morgan fingerprint density at radius 3 is 2.30 bits per heavy atom. The van der Waals surface area contributed by atoms with Gasteiger partial charge in [0.2, 0.25) is 0 Å². The smallest absolute Gasteiger partial charge is 0.323 e. The van der Waals surface area contributed by atoms with Crippen LogP contribution < -0.4 is 5.73 Å². The number of nitrogens with zero attached hydrogens (tertiary/aromatic N) is 2. The molecule has 0 bridgehead atoms. The molecule has 0 spiro atoms. The van der Waals surface area contributed by atoms with E-state index in [-0.39, 0.29) is 0 Å². The van der Waals surface area contributed by atoms with E-state index in [9.17, 15) is 4.79 Å². The Morgan fingerprint density at radius 1 is 1.22 bits per heavy atom. The van der Waals surface area contributed by atoms with Crippen molar-refractivity contribution < 1.29 is 9.53 Å². The summed E-state index contributed by atoms with van der Waals surface area (Å²) in [5, 5.41) is 0. The molecular weight excluding hydrogens is 358 g/mol. The molecule has 0 aliphatic rings. The maximum atomic E-state index is 11.9. The Morgan fingerprint density at radius 2 is 1.78 bits per heavy atom. The van der Waals surface area contributed by atoms with Crippen molar-refractivity contribution in [1.82, 2.24) is 9.97 Å². The number of nitrogens with two attached hydrogens (primary N) is 1. The molecule has 1 atom stereocenters. The Labute approximate surface area is 144 Å². The van der Waals surface area contributed by atoms with Crippen molar-refractivity contribution in [3.63, 3.8) is 0 Å². The van der Waals surface area contributed by atoms with E-state index in [0.29, 0.717) is 12.2 Å². The van der Waals surface area contributed by atoms with Crippen LogP contribution in [0.5, 0.6) is 0 Å². The van der Waals surface area contributed by atoms with Crippen molar-refractivity contribution in [3.8, 4) is 11.4 Å². The van der Waals surface area contributed by atoms with Gasteiger partial charge >= 0.3 is 5.97 Å². The maximum absolute atomic E-state index is 11.9. The second kappa shape index (κ2) is 7.19. The minimum atomic E-state index is -0.677. The molecule has 0 saturated carbocycles. The minimum absolute atomic E-state index is 0.391. The second-order valence-electron chi connectivity index (χ2n) is 6.27. The fourth-order valence-electron chi connectivity index (χ4n) is 1.97. The van der Waals surface area contributed by atoms with Crippen LogP contribution in [0.25, 0.3) is 11.4 Å². The SMILES string of the molecule is CC(C)(C)OC(=O)[C@@H](N)Cc1ccc(-c2ncc(Br)cn2)cc1. The number of benzene rings is 1. The van der Waals surface area contributed by atoms with Crippen LogP contribution in [0.15, 0.2) is 41.1 Å². The maximum Gasteiger partial charge on any atom is 0.323 e. The van der Waals surface area contributed by atoms with Gasteiger partial charge < -0.3 is 10.5 Å². The zero-order valence-corrected chi connectivity index (χ0v) is 15.0. The molecule has 1 aromatic heterocycles. The van der Waals surface area contributed by atoms with Crippen molar-refractivity contribution in [2.45, 2.75) is 38.8 Å². The van der Waals surface area contributed by atoms with E-state index < -0.39 is 17.6 Å². The second-order valence-corrected chi connectivity index (χ2v) is 7.18. The van der Waals surface area contributed by atoms with Crippen molar-refractivity contribution >= 4 is 21.9 Å². The van der Waals surface area contributed by atoms with Crippen LogP contribution in [0.1, 0.15) is 26.3 Å². The van der Waals surface area contributed by atoms with Crippen molar-refractivity contribution in [1.29, 1.82) is 0 Å². The predicted molar refractivity (Wildman–Crippen MR) is 92.7 cm³/mol. The molecular formula is C17H20BrN3O2. The number of halogens is 1. The first kappa shape index (κ1) is 17.6. The third kappa shape index (κ3) is 5.41. The molecule has 0 saturated heterocycles. The van der Waals surface area contributed by atoms with Gasteiger partial charge in [-0.15, -0.1) is 0 Å². The van der Waals surface area contributed by atoms with E-state index in [1.807, 2.05) is 45.0 Å². The van der Waals surface area contributed by atoms with Gasteiger partial charge in [0.15, 0.2) is 5.82 Å². The van der Waals surface area contributed by atoms with Gasteiger partial charge in [0.25, 0.3) is 0 Å². The molecule has 0 amide bonds. The van der Waals surface area contributed by atoms with E-state index in [0.717, 1.165) is 15.6 Å². The van der Waals surface area contributed by atoms with E-state index in [1.165, 1.54) is 0 Å². The molecule has 6 heteroatoms. The van der Waals surface area contributed by atoms with Crippen LogP contribution >= 0.6 is 15.9 Å². The highest BCUT2D eigenvalue weighted by atomic mass is 79.9. The number of rotatable bonds is 4. The molecule has 5 nitrogen and oxygen atoms in total. The number of aromatic nitrogens is 2. The third-order valence-corrected chi connectivity index (χ3v) is 3.41. The van der Waals surface area contributed by atoms with Crippen molar-refractivity contribution in [3.05, 3.63) is 46.7 Å². The van der Waals surface area contributed by atoms with Crippen molar-refractivity contribution in [2.24, 2.45) is 5.73 Å². The fraction of sp³-hybridized carbons (Fsp3) is 0.353. The molecule has 1 heterocycles. The Balaban J connectivity index is 2.02. The Kier molecular flexibility index (Phi) is 5.49.